The third-order valence-electron chi connectivity index (χ3n) is 2.41. The third-order valence-corrected chi connectivity index (χ3v) is 4.75. The minimum atomic E-state index is -1.75. The predicted octanol–water partition coefficient (Wildman–Crippen LogP) is 1.72. The van der Waals surface area contributed by atoms with Crippen LogP contribution in [0.15, 0.2) is 24.3 Å². The van der Waals surface area contributed by atoms with Crippen LogP contribution in [-0.4, -0.2) is 29.1 Å². The Morgan fingerprint density at radius 2 is 1.59 bits per heavy atom. The molecule has 0 aliphatic heterocycles. The van der Waals surface area contributed by atoms with Crippen LogP contribution in [0.25, 0.3) is 0 Å². The van der Waals surface area contributed by atoms with E-state index in [1.165, 1.54) is 10.8 Å². The van der Waals surface area contributed by atoms with Gasteiger partial charge >= 0.3 is 9.28 Å². The molecule has 96 valence electrons. The van der Waals surface area contributed by atoms with Crippen molar-refractivity contribution in [2.24, 2.45) is 0 Å². The summed E-state index contributed by atoms with van der Waals surface area (Å²) >= 11 is 0. The normalized spacial score (nSPS) is 11.1. The van der Waals surface area contributed by atoms with E-state index in [0.717, 1.165) is 6.61 Å². The van der Waals surface area contributed by atoms with Gasteiger partial charge in [-0.3, -0.25) is 0 Å². The molecule has 3 nitrogen and oxygen atoms in total. The highest BCUT2D eigenvalue weighted by Gasteiger charge is 2.18. The Balaban J connectivity index is 2.83. The van der Waals surface area contributed by atoms with Gasteiger partial charge in [-0.2, -0.15) is 0 Å². The van der Waals surface area contributed by atoms with Crippen molar-refractivity contribution in [3.8, 4) is 0 Å². The lowest BCUT2D eigenvalue weighted by molar-refractivity contribution is 0.134. The summed E-state index contributed by atoms with van der Waals surface area (Å²) in [5.74, 6) is 0. The van der Waals surface area contributed by atoms with Gasteiger partial charge in [0.2, 0.25) is 0 Å². The molecule has 0 bridgehead atoms. The first-order valence-corrected chi connectivity index (χ1v) is 7.74. The second kappa shape index (κ2) is 8.41. The summed E-state index contributed by atoms with van der Waals surface area (Å²) in [5, 5.41) is 1.20. The minimum Gasteiger partial charge on any atom is -0.394 e. The van der Waals surface area contributed by atoms with Crippen LogP contribution in [0.4, 0.5) is 0 Å². The zero-order valence-corrected chi connectivity index (χ0v) is 12.1. The Morgan fingerprint density at radius 3 is 2.18 bits per heavy atom. The average molecular weight is 254 g/mol. The van der Waals surface area contributed by atoms with E-state index in [0.29, 0.717) is 19.8 Å². The molecule has 0 atom stereocenters. The van der Waals surface area contributed by atoms with Gasteiger partial charge in [0.15, 0.2) is 0 Å². The van der Waals surface area contributed by atoms with Crippen molar-refractivity contribution < 1.29 is 13.6 Å². The van der Waals surface area contributed by atoms with Gasteiger partial charge in [-0.05, 0) is 31.5 Å². The molecule has 0 heterocycles. The molecule has 0 amide bonds. The van der Waals surface area contributed by atoms with Crippen molar-refractivity contribution in [3.63, 3.8) is 0 Å². The highest BCUT2D eigenvalue weighted by Crippen LogP contribution is 2.03. The van der Waals surface area contributed by atoms with Crippen LogP contribution >= 0.6 is 0 Å². The van der Waals surface area contributed by atoms with Gasteiger partial charge in [0, 0.05) is 19.8 Å². The van der Waals surface area contributed by atoms with Crippen molar-refractivity contribution in [1.29, 1.82) is 0 Å². The second-order valence-corrected chi connectivity index (χ2v) is 5.53. The van der Waals surface area contributed by atoms with Crippen molar-refractivity contribution in [3.05, 3.63) is 29.8 Å². The quantitative estimate of drug-likeness (QED) is 0.661. The second-order valence-electron chi connectivity index (χ2n) is 3.58. The average Bonchev–Trinajstić information content (AvgIpc) is 2.36. The molecule has 0 spiro atoms. The molecule has 0 fully saturated rings. The maximum Gasteiger partial charge on any atom is 0.356 e. The van der Waals surface area contributed by atoms with E-state index in [1.807, 2.05) is 32.9 Å². The maximum absolute atomic E-state index is 5.75. The molecular formula is C13H22O3Si. The summed E-state index contributed by atoms with van der Waals surface area (Å²) in [6.45, 7) is 8.76. The predicted molar refractivity (Wildman–Crippen MR) is 71.8 cm³/mol. The van der Waals surface area contributed by atoms with Crippen LogP contribution in [-0.2, 0) is 20.2 Å². The summed E-state index contributed by atoms with van der Waals surface area (Å²) < 4.78 is 17.0. The van der Waals surface area contributed by atoms with Gasteiger partial charge in [-0.15, -0.1) is 0 Å². The first-order valence-electron chi connectivity index (χ1n) is 6.22. The Kier molecular flexibility index (Phi) is 7.12. The van der Waals surface area contributed by atoms with E-state index in [4.69, 9.17) is 13.6 Å². The Bertz CT molecular complexity index is 311. The summed E-state index contributed by atoms with van der Waals surface area (Å²) in [7, 11) is -1.75. The van der Waals surface area contributed by atoms with E-state index < -0.39 is 9.28 Å². The lowest BCUT2D eigenvalue weighted by Gasteiger charge is -2.18. The molecule has 0 saturated heterocycles. The number of benzene rings is 1. The van der Waals surface area contributed by atoms with Gasteiger partial charge in [-0.1, -0.05) is 24.3 Å². The van der Waals surface area contributed by atoms with Crippen LogP contribution in [0, 0.1) is 0 Å². The van der Waals surface area contributed by atoms with Crippen LogP contribution in [0.1, 0.15) is 26.3 Å². The van der Waals surface area contributed by atoms with E-state index in [-0.39, 0.29) is 0 Å². The highest BCUT2D eigenvalue weighted by molar-refractivity contribution is 6.61. The molecule has 4 heteroatoms. The van der Waals surface area contributed by atoms with Gasteiger partial charge < -0.3 is 13.6 Å². The lowest BCUT2D eigenvalue weighted by Crippen LogP contribution is -2.39. The smallest absolute Gasteiger partial charge is 0.356 e. The van der Waals surface area contributed by atoms with Crippen molar-refractivity contribution in [2.75, 3.05) is 19.8 Å². The fourth-order valence-electron chi connectivity index (χ4n) is 1.64. The highest BCUT2D eigenvalue weighted by atomic mass is 28.3. The zero-order valence-electron chi connectivity index (χ0n) is 10.9. The number of rotatable bonds is 8. The molecule has 0 aliphatic carbocycles. The largest absolute Gasteiger partial charge is 0.394 e. The number of hydrogen-bond donors (Lipinski definition) is 0. The van der Waals surface area contributed by atoms with E-state index in [2.05, 4.69) is 12.1 Å². The van der Waals surface area contributed by atoms with Crippen LogP contribution < -0.4 is 5.19 Å². The molecular weight excluding hydrogens is 232 g/mol. The number of hydrogen-bond acceptors (Lipinski definition) is 3. The van der Waals surface area contributed by atoms with Crippen LogP contribution in [0.3, 0.4) is 0 Å². The molecule has 0 aliphatic rings. The number of ether oxygens (including phenoxy) is 1. The summed E-state index contributed by atoms with van der Waals surface area (Å²) in [4.78, 5) is 0. The summed E-state index contributed by atoms with van der Waals surface area (Å²) in [5.41, 5.74) is 1.19. The fourth-order valence-corrected chi connectivity index (χ4v) is 3.45. The summed E-state index contributed by atoms with van der Waals surface area (Å²) in [6.07, 6.45) is 0. The first-order chi connectivity index (χ1) is 8.33. The van der Waals surface area contributed by atoms with Crippen LogP contribution in [0.5, 0.6) is 0 Å². The molecule has 0 saturated carbocycles. The maximum atomic E-state index is 5.75. The van der Waals surface area contributed by atoms with Gasteiger partial charge in [0.05, 0.1) is 6.61 Å². The molecule has 0 radical (unpaired) electrons. The Hall–Kier alpha value is -0.683. The summed E-state index contributed by atoms with van der Waals surface area (Å²) in [6, 6.07) is 8.24. The van der Waals surface area contributed by atoms with Crippen molar-refractivity contribution in [2.45, 2.75) is 27.4 Å². The first kappa shape index (κ1) is 14.4. The Labute approximate surface area is 106 Å². The van der Waals surface area contributed by atoms with Crippen molar-refractivity contribution >= 4 is 14.5 Å². The molecule has 0 aromatic heterocycles. The van der Waals surface area contributed by atoms with E-state index in [1.54, 1.807) is 0 Å². The molecule has 0 unspecified atom stereocenters. The Morgan fingerprint density at radius 1 is 0.941 bits per heavy atom. The third kappa shape index (κ3) is 4.59. The molecule has 0 N–H and O–H groups in total. The SMILES string of the molecule is CCOCc1ccccc1[SiH](OCC)OCC. The minimum absolute atomic E-state index is 0.635. The molecule has 1 aromatic rings. The van der Waals surface area contributed by atoms with Gasteiger partial charge in [0.1, 0.15) is 0 Å². The standard InChI is InChI=1S/C13H22O3Si/c1-4-14-11-12-9-7-8-10-13(12)17(15-5-2)16-6-3/h7-10,17H,4-6,11H2,1-3H3. The van der Waals surface area contributed by atoms with Crippen LogP contribution in [0.2, 0.25) is 0 Å². The lowest BCUT2D eigenvalue weighted by atomic mass is 10.2. The molecule has 1 aromatic carbocycles. The molecule has 17 heavy (non-hydrogen) atoms. The fraction of sp³-hybridized carbons (Fsp3) is 0.538. The zero-order chi connectivity index (χ0) is 12.5. The van der Waals surface area contributed by atoms with E-state index in [9.17, 15) is 0 Å². The van der Waals surface area contributed by atoms with Crippen molar-refractivity contribution in [1.82, 2.24) is 0 Å². The monoisotopic (exact) mass is 254 g/mol. The molecule has 1 rings (SSSR count). The van der Waals surface area contributed by atoms with Gasteiger partial charge in [0.25, 0.3) is 0 Å². The van der Waals surface area contributed by atoms with Gasteiger partial charge in [-0.25, -0.2) is 0 Å². The van der Waals surface area contributed by atoms with E-state index >= 15 is 0 Å². The topological polar surface area (TPSA) is 27.7 Å².